The maximum Gasteiger partial charge on any atom is 0.269 e. The highest BCUT2D eigenvalue weighted by atomic mass is 32.2. The Kier molecular flexibility index (Phi) is 6.37. The molecule has 0 radical (unpaired) electrons. The molecule has 0 saturated heterocycles. The maximum absolute atomic E-state index is 12.6. The van der Waals surface area contributed by atoms with Gasteiger partial charge >= 0.3 is 0 Å². The van der Waals surface area contributed by atoms with Crippen LogP contribution in [0.1, 0.15) is 67.2 Å². The lowest BCUT2D eigenvalue weighted by molar-refractivity contribution is -0.109. The Bertz CT molecular complexity index is 884. The number of aromatic amines is 1. The fourth-order valence-electron chi connectivity index (χ4n) is 3.85. The summed E-state index contributed by atoms with van der Waals surface area (Å²) < 4.78 is 2.06. The van der Waals surface area contributed by atoms with Gasteiger partial charge in [0, 0.05) is 43.1 Å². The van der Waals surface area contributed by atoms with Crippen molar-refractivity contribution in [1.82, 2.24) is 25.3 Å². The number of aromatic nitrogens is 4. The van der Waals surface area contributed by atoms with E-state index in [0.717, 1.165) is 79.3 Å². The Morgan fingerprint density at radius 3 is 2.86 bits per heavy atom. The largest absolute Gasteiger partial charge is 0.351 e. The maximum atomic E-state index is 12.6. The number of unbranched alkanes of at least 4 members (excludes halogenated alkanes) is 3. The number of rotatable bonds is 10. The molecule has 2 aromatic heterocycles. The molecule has 0 unspecified atom stereocenters. The third-order valence-electron chi connectivity index (χ3n) is 5.60. The summed E-state index contributed by atoms with van der Waals surface area (Å²) in [6.07, 6.45) is 10.5. The van der Waals surface area contributed by atoms with Crippen LogP contribution in [0, 0.1) is 5.92 Å². The van der Waals surface area contributed by atoms with Crippen molar-refractivity contribution in [1.29, 1.82) is 0 Å². The van der Waals surface area contributed by atoms with Crippen molar-refractivity contribution in [3.63, 3.8) is 0 Å². The second-order valence-corrected chi connectivity index (χ2v) is 9.36. The van der Waals surface area contributed by atoms with Crippen LogP contribution in [0.4, 0.5) is 0 Å². The van der Waals surface area contributed by atoms with Crippen molar-refractivity contribution in [2.24, 2.45) is 5.92 Å². The Morgan fingerprint density at radius 1 is 1.24 bits per heavy atom. The van der Waals surface area contributed by atoms with Crippen molar-refractivity contribution in [2.75, 3.05) is 12.3 Å². The van der Waals surface area contributed by atoms with E-state index in [1.807, 2.05) is 0 Å². The van der Waals surface area contributed by atoms with Gasteiger partial charge in [0.25, 0.3) is 5.91 Å². The highest BCUT2D eigenvalue weighted by Crippen LogP contribution is 2.35. The Morgan fingerprint density at radius 2 is 2.07 bits per heavy atom. The Hall–Kier alpha value is -2.09. The van der Waals surface area contributed by atoms with E-state index in [9.17, 15) is 9.59 Å². The number of carbonyl (C=O) groups is 2. The Balaban J connectivity index is 1.26. The van der Waals surface area contributed by atoms with Crippen LogP contribution in [0.2, 0.25) is 0 Å². The van der Waals surface area contributed by atoms with Gasteiger partial charge in [0.1, 0.15) is 5.69 Å². The molecule has 1 fully saturated rings. The number of aryl methyl sites for hydroxylation is 1. The third kappa shape index (κ3) is 5.10. The second-order valence-electron chi connectivity index (χ2n) is 8.09. The molecule has 0 aliphatic heterocycles. The predicted molar refractivity (Wildman–Crippen MR) is 114 cm³/mol. The van der Waals surface area contributed by atoms with Gasteiger partial charge in [0.2, 0.25) is 0 Å². The third-order valence-corrected chi connectivity index (χ3v) is 6.50. The first kappa shape index (κ1) is 20.2. The van der Waals surface area contributed by atoms with E-state index < -0.39 is 0 Å². The molecular weight excluding hydrogens is 386 g/mol. The summed E-state index contributed by atoms with van der Waals surface area (Å²) in [4.78, 5) is 23.5. The molecule has 2 aliphatic rings. The van der Waals surface area contributed by atoms with Gasteiger partial charge in [-0.05, 0) is 44.4 Å². The van der Waals surface area contributed by atoms with Gasteiger partial charge in [-0.15, -0.1) is 0 Å². The molecule has 2 N–H and O–H groups in total. The van der Waals surface area contributed by atoms with E-state index in [-0.39, 0.29) is 11.0 Å². The highest BCUT2D eigenvalue weighted by Gasteiger charge is 2.29. The number of nitrogens with one attached hydrogen (secondary N) is 2. The average Bonchev–Trinajstić information content (AvgIpc) is 3.24. The van der Waals surface area contributed by atoms with Crippen LogP contribution >= 0.6 is 11.8 Å². The first-order chi connectivity index (χ1) is 14.1. The van der Waals surface area contributed by atoms with Gasteiger partial charge in [0.05, 0.1) is 11.4 Å². The monoisotopic (exact) mass is 415 g/mol. The molecule has 1 amide bonds. The molecular formula is C21H29N5O2S. The summed E-state index contributed by atoms with van der Waals surface area (Å²) in [7, 11) is 0. The molecule has 2 heterocycles. The van der Waals surface area contributed by atoms with Crippen molar-refractivity contribution >= 4 is 22.8 Å². The molecule has 7 nitrogen and oxygen atoms in total. The number of hydrogen-bond acceptors (Lipinski definition) is 5. The predicted octanol–water partition coefficient (Wildman–Crippen LogP) is 3.35. The minimum atomic E-state index is -0.0697. The van der Waals surface area contributed by atoms with Gasteiger partial charge in [-0.2, -0.15) is 10.2 Å². The summed E-state index contributed by atoms with van der Waals surface area (Å²) in [5, 5.41) is 15.3. The lowest BCUT2D eigenvalue weighted by atomic mass is 9.94. The minimum Gasteiger partial charge on any atom is -0.351 e. The van der Waals surface area contributed by atoms with E-state index in [0.29, 0.717) is 12.2 Å². The van der Waals surface area contributed by atoms with Gasteiger partial charge in [-0.25, -0.2) is 0 Å². The zero-order chi connectivity index (χ0) is 20.2. The quantitative estimate of drug-likeness (QED) is 0.581. The lowest BCUT2D eigenvalue weighted by Gasteiger charge is -2.11. The van der Waals surface area contributed by atoms with Crippen LogP contribution in [0.3, 0.4) is 0 Å². The van der Waals surface area contributed by atoms with Crippen LogP contribution < -0.4 is 5.32 Å². The fraction of sp³-hybridized carbons (Fsp3) is 0.619. The SMILES string of the molecule is CC(=O)SCCCCCCNC(=O)c1[nH]nc2c1CCc1nn(CC3CC3)cc1-2. The van der Waals surface area contributed by atoms with Crippen LogP contribution in [0.25, 0.3) is 11.3 Å². The van der Waals surface area contributed by atoms with Crippen LogP contribution in [-0.2, 0) is 24.2 Å². The molecule has 0 atom stereocenters. The fourth-order valence-corrected chi connectivity index (χ4v) is 4.49. The number of amides is 1. The highest BCUT2D eigenvalue weighted by molar-refractivity contribution is 8.13. The Labute approximate surface area is 175 Å². The normalized spacial score (nSPS) is 15.1. The van der Waals surface area contributed by atoms with Gasteiger partial charge in [-0.3, -0.25) is 19.4 Å². The van der Waals surface area contributed by atoms with Crippen LogP contribution in [0.5, 0.6) is 0 Å². The number of nitrogens with zero attached hydrogens (tertiary/aromatic N) is 3. The minimum absolute atomic E-state index is 0.0697. The van der Waals surface area contributed by atoms with Crippen LogP contribution in [0.15, 0.2) is 6.20 Å². The van der Waals surface area contributed by atoms with E-state index in [1.54, 1.807) is 6.92 Å². The summed E-state index contributed by atoms with van der Waals surface area (Å²) >= 11 is 1.39. The summed E-state index contributed by atoms with van der Waals surface area (Å²) in [6.45, 7) is 3.26. The molecule has 156 valence electrons. The zero-order valence-corrected chi connectivity index (χ0v) is 17.8. The standard InChI is InChI=1S/C21H29N5O2S/c1-14(27)29-11-5-3-2-4-10-22-21(28)20-16-8-9-18-17(19(16)23-24-20)13-26(25-18)12-15-6-7-15/h13,15H,2-12H2,1H3,(H,22,28)(H,23,24). The molecule has 0 bridgehead atoms. The van der Waals surface area contributed by atoms with Crippen molar-refractivity contribution in [2.45, 2.75) is 64.8 Å². The number of carbonyl (C=O) groups excluding carboxylic acids is 2. The van der Waals surface area contributed by atoms with Crippen molar-refractivity contribution in [3.8, 4) is 11.3 Å². The topological polar surface area (TPSA) is 92.7 Å². The first-order valence-corrected chi connectivity index (χ1v) is 11.7. The van der Waals surface area contributed by atoms with Gasteiger partial charge in [0.15, 0.2) is 5.12 Å². The van der Waals surface area contributed by atoms with E-state index >= 15 is 0 Å². The van der Waals surface area contributed by atoms with Gasteiger partial charge in [-0.1, -0.05) is 24.6 Å². The molecule has 0 aromatic carbocycles. The molecule has 29 heavy (non-hydrogen) atoms. The van der Waals surface area contributed by atoms with E-state index in [1.165, 1.54) is 24.6 Å². The molecule has 2 aromatic rings. The number of H-pyrrole nitrogens is 1. The molecule has 8 heteroatoms. The molecule has 4 rings (SSSR count). The van der Waals surface area contributed by atoms with E-state index in [4.69, 9.17) is 5.10 Å². The summed E-state index contributed by atoms with van der Waals surface area (Å²) in [5.74, 6) is 1.60. The number of thioether (sulfide) groups is 1. The lowest BCUT2D eigenvalue weighted by Crippen LogP contribution is -2.26. The molecule has 0 spiro atoms. The van der Waals surface area contributed by atoms with E-state index in [2.05, 4.69) is 26.4 Å². The van der Waals surface area contributed by atoms with Crippen molar-refractivity contribution < 1.29 is 9.59 Å². The van der Waals surface area contributed by atoms with Crippen LogP contribution in [-0.4, -0.2) is 43.3 Å². The van der Waals surface area contributed by atoms with Gasteiger partial charge < -0.3 is 5.32 Å². The first-order valence-electron chi connectivity index (χ1n) is 10.7. The number of fused-ring (bicyclic) bond motifs is 3. The smallest absolute Gasteiger partial charge is 0.269 e. The zero-order valence-electron chi connectivity index (χ0n) is 17.0. The summed E-state index contributed by atoms with van der Waals surface area (Å²) in [5.41, 5.74) is 4.67. The number of hydrogen-bond donors (Lipinski definition) is 2. The van der Waals surface area contributed by atoms with Crippen molar-refractivity contribution in [3.05, 3.63) is 23.1 Å². The molecule has 1 saturated carbocycles. The summed E-state index contributed by atoms with van der Waals surface area (Å²) in [6, 6.07) is 0. The molecule has 2 aliphatic carbocycles. The average molecular weight is 416 g/mol. The second kappa shape index (κ2) is 9.15.